The number of nitrogens with one attached hydrogen (secondary N) is 2. The molecule has 0 aromatic carbocycles. The van der Waals surface area contributed by atoms with Gasteiger partial charge in [0, 0.05) is 18.9 Å². The third kappa shape index (κ3) is 5.77. The van der Waals surface area contributed by atoms with E-state index in [1.165, 1.54) is 12.8 Å². The van der Waals surface area contributed by atoms with E-state index in [1.807, 2.05) is 0 Å². The SMILES string of the molecule is CCCN(CC(=O)Nc1ncccn1)CC1CCNCC1. The maximum absolute atomic E-state index is 12.1. The molecule has 6 heteroatoms. The first-order valence-corrected chi connectivity index (χ1v) is 7.78. The normalized spacial score (nSPS) is 16.1. The summed E-state index contributed by atoms with van der Waals surface area (Å²) in [6.45, 7) is 6.69. The standard InChI is InChI=1S/C15H25N5O/c1-2-10-20(11-13-4-8-16-9-5-13)12-14(21)19-15-17-6-3-7-18-15/h3,6-7,13,16H,2,4-5,8-12H2,1H3,(H,17,18,19,21). The minimum absolute atomic E-state index is 0.0383. The van der Waals surface area contributed by atoms with E-state index in [0.29, 0.717) is 18.4 Å². The highest BCUT2D eigenvalue weighted by Crippen LogP contribution is 2.13. The molecule has 0 bridgehead atoms. The molecule has 116 valence electrons. The van der Waals surface area contributed by atoms with E-state index >= 15 is 0 Å². The van der Waals surface area contributed by atoms with Crippen molar-refractivity contribution >= 4 is 11.9 Å². The number of anilines is 1. The smallest absolute Gasteiger partial charge is 0.240 e. The Morgan fingerprint density at radius 3 is 2.76 bits per heavy atom. The van der Waals surface area contributed by atoms with Crippen molar-refractivity contribution in [2.24, 2.45) is 5.92 Å². The van der Waals surface area contributed by atoms with Crippen LogP contribution in [0.2, 0.25) is 0 Å². The molecule has 1 aromatic rings. The van der Waals surface area contributed by atoms with Crippen molar-refractivity contribution in [3.8, 4) is 0 Å². The van der Waals surface area contributed by atoms with Crippen LogP contribution < -0.4 is 10.6 Å². The number of rotatable bonds is 7. The van der Waals surface area contributed by atoms with Crippen molar-refractivity contribution in [1.82, 2.24) is 20.2 Å². The summed E-state index contributed by atoms with van der Waals surface area (Å²) in [6, 6.07) is 1.73. The van der Waals surface area contributed by atoms with E-state index in [4.69, 9.17) is 0 Å². The lowest BCUT2D eigenvalue weighted by Gasteiger charge is -2.29. The largest absolute Gasteiger partial charge is 0.317 e. The van der Waals surface area contributed by atoms with Crippen molar-refractivity contribution in [2.75, 3.05) is 38.0 Å². The van der Waals surface area contributed by atoms with E-state index in [0.717, 1.165) is 32.6 Å². The van der Waals surface area contributed by atoms with Gasteiger partial charge in [0.15, 0.2) is 0 Å². The van der Waals surface area contributed by atoms with Gasteiger partial charge in [0.25, 0.3) is 0 Å². The maximum Gasteiger partial charge on any atom is 0.240 e. The minimum atomic E-state index is -0.0383. The van der Waals surface area contributed by atoms with Gasteiger partial charge in [-0.25, -0.2) is 9.97 Å². The van der Waals surface area contributed by atoms with Gasteiger partial charge in [0.2, 0.25) is 11.9 Å². The molecule has 2 rings (SSSR count). The Kier molecular flexibility index (Phi) is 6.56. The van der Waals surface area contributed by atoms with Gasteiger partial charge >= 0.3 is 0 Å². The van der Waals surface area contributed by atoms with Crippen molar-refractivity contribution in [3.05, 3.63) is 18.5 Å². The molecule has 1 aliphatic heterocycles. The van der Waals surface area contributed by atoms with E-state index in [1.54, 1.807) is 18.5 Å². The highest BCUT2D eigenvalue weighted by molar-refractivity contribution is 5.90. The number of nitrogens with zero attached hydrogens (tertiary/aromatic N) is 3. The molecular formula is C15H25N5O. The van der Waals surface area contributed by atoms with E-state index in [-0.39, 0.29) is 5.91 Å². The van der Waals surface area contributed by atoms with Crippen LogP contribution in [0.3, 0.4) is 0 Å². The van der Waals surface area contributed by atoms with E-state index in [9.17, 15) is 4.79 Å². The Hall–Kier alpha value is -1.53. The molecule has 0 aliphatic carbocycles. The summed E-state index contributed by atoms with van der Waals surface area (Å²) in [6.07, 6.45) is 6.70. The molecule has 6 nitrogen and oxygen atoms in total. The number of piperidine rings is 1. The fraction of sp³-hybridized carbons (Fsp3) is 0.667. The highest BCUT2D eigenvalue weighted by Gasteiger charge is 2.18. The first-order chi connectivity index (χ1) is 10.3. The van der Waals surface area contributed by atoms with Gasteiger partial charge in [0.05, 0.1) is 6.54 Å². The summed E-state index contributed by atoms with van der Waals surface area (Å²) in [4.78, 5) is 22.4. The Balaban J connectivity index is 1.81. The Labute approximate surface area is 126 Å². The highest BCUT2D eigenvalue weighted by atomic mass is 16.2. The molecule has 1 fully saturated rings. The Morgan fingerprint density at radius 2 is 2.10 bits per heavy atom. The van der Waals surface area contributed by atoms with Crippen molar-refractivity contribution < 1.29 is 4.79 Å². The summed E-state index contributed by atoms with van der Waals surface area (Å²) >= 11 is 0. The number of aromatic nitrogens is 2. The van der Waals surface area contributed by atoms with Gasteiger partial charge in [-0.05, 0) is 50.9 Å². The van der Waals surface area contributed by atoms with Crippen LogP contribution >= 0.6 is 0 Å². The molecule has 1 amide bonds. The monoisotopic (exact) mass is 291 g/mol. The Bertz CT molecular complexity index is 419. The van der Waals surface area contributed by atoms with Crippen LogP contribution in [-0.4, -0.2) is 53.5 Å². The van der Waals surface area contributed by atoms with Gasteiger partial charge in [-0.3, -0.25) is 15.0 Å². The lowest BCUT2D eigenvalue weighted by molar-refractivity contribution is -0.117. The molecule has 2 heterocycles. The predicted molar refractivity (Wildman–Crippen MR) is 83.0 cm³/mol. The average molecular weight is 291 g/mol. The molecule has 1 aromatic heterocycles. The summed E-state index contributed by atoms with van der Waals surface area (Å²) in [5.74, 6) is 1.03. The quantitative estimate of drug-likeness (QED) is 0.788. The van der Waals surface area contributed by atoms with Gasteiger partial charge in [-0.15, -0.1) is 0 Å². The molecule has 0 spiro atoms. The van der Waals surface area contributed by atoms with Crippen LogP contribution in [-0.2, 0) is 4.79 Å². The molecule has 2 N–H and O–H groups in total. The topological polar surface area (TPSA) is 70.2 Å². The molecular weight excluding hydrogens is 266 g/mol. The van der Waals surface area contributed by atoms with Crippen molar-refractivity contribution in [3.63, 3.8) is 0 Å². The maximum atomic E-state index is 12.1. The van der Waals surface area contributed by atoms with Crippen LogP contribution in [0.1, 0.15) is 26.2 Å². The number of amides is 1. The fourth-order valence-corrected chi connectivity index (χ4v) is 2.71. The third-order valence-electron chi connectivity index (χ3n) is 3.70. The second-order valence-corrected chi connectivity index (χ2v) is 5.55. The van der Waals surface area contributed by atoms with Crippen molar-refractivity contribution in [1.29, 1.82) is 0 Å². The third-order valence-corrected chi connectivity index (χ3v) is 3.70. The zero-order valence-electron chi connectivity index (χ0n) is 12.7. The number of carbonyl (C=O) groups excluding carboxylic acids is 1. The van der Waals surface area contributed by atoms with Gasteiger partial charge in [-0.2, -0.15) is 0 Å². The molecule has 0 atom stereocenters. The molecule has 1 saturated heterocycles. The summed E-state index contributed by atoms with van der Waals surface area (Å²) in [7, 11) is 0. The lowest BCUT2D eigenvalue weighted by Crippen LogP contribution is -2.40. The molecule has 1 aliphatic rings. The summed E-state index contributed by atoms with van der Waals surface area (Å²) in [5.41, 5.74) is 0. The molecule has 0 saturated carbocycles. The van der Waals surface area contributed by atoms with Crippen LogP contribution in [0.4, 0.5) is 5.95 Å². The lowest BCUT2D eigenvalue weighted by atomic mass is 9.97. The van der Waals surface area contributed by atoms with Gasteiger partial charge in [-0.1, -0.05) is 6.92 Å². The van der Waals surface area contributed by atoms with Gasteiger partial charge in [0.1, 0.15) is 0 Å². The number of carbonyl (C=O) groups is 1. The molecule has 0 radical (unpaired) electrons. The zero-order chi connectivity index (χ0) is 14.9. The van der Waals surface area contributed by atoms with E-state index in [2.05, 4.69) is 32.4 Å². The summed E-state index contributed by atoms with van der Waals surface area (Å²) < 4.78 is 0. The number of hydrogen-bond acceptors (Lipinski definition) is 5. The van der Waals surface area contributed by atoms with Crippen LogP contribution in [0, 0.1) is 5.92 Å². The van der Waals surface area contributed by atoms with Crippen LogP contribution in [0.5, 0.6) is 0 Å². The van der Waals surface area contributed by atoms with E-state index < -0.39 is 0 Å². The summed E-state index contributed by atoms with van der Waals surface area (Å²) in [5, 5.41) is 6.13. The Morgan fingerprint density at radius 1 is 1.38 bits per heavy atom. The molecule has 0 unspecified atom stereocenters. The second-order valence-electron chi connectivity index (χ2n) is 5.55. The van der Waals surface area contributed by atoms with Crippen LogP contribution in [0.25, 0.3) is 0 Å². The average Bonchev–Trinajstić information content (AvgIpc) is 2.49. The van der Waals surface area contributed by atoms with Crippen LogP contribution in [0.15, 0.2) is 18.5 Å². The first kappa shape index (κ1) is 15.9. The first-order valence-electron chi connectivity index (χ1n) is 7.78. The van der Waals surface area contributed by atoms with Gasteiger partial charge < -0.3 is 5.32 Å². The van der Waals surface area contributed by atoms with Crippen molar-refractivity contribution in [2.45, 2.75) is 26.2 Å². The minimum Gasteiger partial charge on any atom is -0.317 e. The fourth-order valence-electron chi connectivity index (χ4n) is 2.71. The number of hydrogen-bond donors (Lipinski definition) is 2. The second kappa shape index (κ2) is 8.69. The zero-order valence-corrected chi connectivity index (χ0v) is 12.7. The predicted octanol–water partition coefficient (Wildman–Crippen LogP) is 1.13. The molecule has 21 heavy (non-hydrogen) atoms.